The van der Waals surface area contributed by atoms with Crippen LogP contribution in [0.1, 0.15) is 22.8 Å². The summed E-state index contributed by atoms with van der Waals surface area (Å²) in [6.07, 6.45) is 2.43. The third-order valence-corrected chi connectivity index (χ3v) is 6.57. The van der Waals surface area contributed by atoms with E-state index < -0.39 is 21.5 Å². The van der Waals surface area contributed by atoms with Crippen molar-refractivity contribution < 1.29 is 17.9 Å². The zero-order valence-corrected chi connectivity index (χ0v) is 20.3. The van der Waals surface area contributed by atoms with Crippen LogP contribution < -0.4 is 20.3 Å². The summed E-state index contributed by atoms with van der Waals surface area (Å²) >= 11 is 0. The predicted molar refractivity (Wildman–Crippen MR) is 136 cm³/mol. The first-order valence-electron chi connectivity index (χ1n) is 10.6. The number of allylic oxidation sites excluding steroid dienone is 1. The second-order valence-electron chi connectivity index (χ2n) is 7.65. The van der Waals surface area contributed by atoms with Crippen molar-refractivity contribution >= 4 is 27.3 Å². The fourth-order valence-electron chi connectivity index (χ4n) is 3.40. The fraction of sp³-hybridized carbons (Fsp3) is 0.200. The molecule has 2 aromatic carbocycles. The zero-order valence-electron chi connectivity index (χ0n) is 19.5. The lowest BCUT2D eigenvalue weighted by Gasteiger charge is -2.18. The predicted octanol–water partition coefficient (Wildman–Crippen LogP) is 4.55. The van der Waals surface area contributed by atoms with E-state index in [1.165, 1.54) is 13.1 Å². The van der Waals surface area contributed by atoms with Crippen molar-refractivity contribution in [1.29, 1.82) is 0 Å². The summed E-state index contributed by atoms with van der Waals surface area (Å²) in [5, 5.41) is 2.80. The molecule has 0 aliphatic heterocycles. The van der Waals surface area contributed by atoms with Crippen LogP contribution in [0.5, 0.6) is 11.5 Å². The number of sulfonamides is 1. The Balaban J connectivity index is 2.27. The number of aromatic nitrogens is 1. The average molecular weight is 482 g/mol. The molecule has 3 rings (SSSR count). The Hall–Kier alpha value is -3.85. The summed E-state index contributed by atoms with van der Waals surface area (Å²) in [7, 11) is -1.95. The van der Waals surface area contributed by atoms with Crippen LogP contribution in [-0.2, 0) is 10.0 Å². The number of hydrogen-bond donors (Lipinski definition) is 2. The van der Waals surface area contributed by atoms with E-state index >= 15 is 0 Å². The molecule has 9 heteroatoms. The molecule has 8 nitrogen and oxygen atoms in total. The van der Waals surface area contributed by atoms with Gasteiger partial charge in [0.15, 0.2) is 0 Å². The Labute approximate surface area is 199 Å². The highest BCUT2D eigenvalue weighted by Gasteiger charge is 2.17. The van der Waals surface area contributed by atoms with Crippen molar-refractivity contribution in [2.45, 2.75) is 20.8 Å². The third kappa shape index (κ3) is 5.20. The largest absolute Gasteiger partial charge is 0.456 e. The Kier molecular flexibility index (Phi) is 7.26. The molecule has 0 atom stereocenters. The van der Waals surface area contributed by atoms with Crippen LogP contribution in [-0.4, -0.2) is 31.7 Å². The van der Waals surface area contributed by atoms with Gasteiger partial charge in [0.2, 0.25) is 10.0 Å². The van der Waals surface area contributed by atoms with Crippen molar-refractivity contribution in [3.8, 4) is 22.6 Å². The summed E-state index contributed by atoms with van der Waals surface area (Å²) in [6, 6.07) is 12.2. The van der Waals surface area contributed by atoms with E-state index in [1.54, 1.807) is 31.3 Å². The molecule has 0 bridgehead atoms. The van der Waals surface area contributed by atoms with Crippen LogP contribution in [0.4, 0.5) is 11.4 Å². The lowest BCUT2D eigenvalue weighted by Crippen LogP contribution is -2.26. The smallest absolute Gasteiger partial charge is 0.280 e. The number of pyridine rings is 1. The van der Waals surface area contributed by atoms with Crippen molar-refractivity contribution in [1.82, 2.24) is 4.57 Å². The van der Waals surface area contributed by atoms with E-state index in [-0.39, 0.29) is 11.4 Å². The molecule has 0 aliphatic rings. The van der Waals surface area contributed by atoms with Crippen molar-refractivity contribution in [2.24, 2.45) is 0 Å². The first-order chi connectivity index (χ1) is 16.1. The minimum Gasteiger partial charge on any atom is -0.456 e. The van der Waals surface area contributed by atoms with Gasteiger partial charge in [0.05, 0.1) is 5.75 Å². The standard InChI is InChI=1S/C25H27N3O5S/c1-6-23(29)28-15-18(13-21(26-5)25(28)30)20-14-19(27-34(31,32)7-2)11-12-22(20)33-24-16(3)9-8-10-17(24)4/h6,8-15,26-27H,1,7H2,2-5H3. The number of hydrogen-bond acceptors (Lipinski definition) is 6. The van der Waals surface area contributed by atoms with Gasteiger partial charge in [-0.1, -0.05) is 24.8 Å². The number of ether oxygens (including phenoxy) is 1. The maximum absolute atomic E-state index is 12.7. The normalized spacial score (nSPS) is 11.1. The average Bonchev–Trinajstić information content (AvgIpc) is 2.81. The molecule has 0 saturated heterocycles. The number of para-hydroxylation sites is 1. The van der Waals surface area contributed by atoms with Crippen LogP contribution in [0.3, 0.4) is 0 Å². The maximum atomic E-state index is 12.7. The molecule has 1 heterocycles. The molecule has 0 amide bonds. The quantitative estimate of drug-likeness (QED) is 0.457. The minimum atomic E-state index is -3.53. The van der Waals surface area contributed by atoms with Gasteiger partial charge in [-0.05, 0) is 62.2 Å². The molecule has 0 saturated carbocycles. The van der Waals surface area contributed by atoms with Crippen molar-refractivity contribution in [3.05, 3.63) is 82.8 Å². The van der Waals surface area contributed by atoms with Gasteiger partial charge in [-0.2, -0.15) is 0 Å². The molecule has 2 N–H and O–H groups in total. The third-order valence-electron chi connectivity index (χ3n) is 5.26. The van der Waals surface area contributed by atoms with Crippen LogP contribution in [0, 0.1) is 13.8 Å². The Bertz CT molecular complexity index is 1400. The number of carbonyl (C=O) groups excluding carboxylic acids is 1. The van der Waals surface area contributed by atoms with E-state index in [9.17, 15) is 18.0 Å². The van der Waals surface area contributed by atoms with Crippen LogP contribution in [0.2, 0.25) is 0 Å². The molecule has 0 spiro atoms. The number of nitrogens with one attached hydrogen (secondary N) is 2. The van der Waals surface area contributed by atoms with E-state index in [0.29, 0.717) is 28.3 Å². The highest BCUT2D eigenvalue weighted by atomic mass is 32.2. The topological polar surface area (TPSA) is 106 Å². The molecule has 3 aromatic rings. The first-order valence-corrected chi connectivity index (χ1v) is 12.3. The molecule has 0 unspecified atom stereocenters. The Morgan fingerprint density at radius 3 is 2.41 bits per heavy atom. The van der Waals surface area contributed by atoms with E-state index in [2.05, 4.69) is 16.6 Å². The molecular weight excluding hydrogens is 454 g/mol. The second-order valence-corrected chi connectivity index (χ2v) is 9.66. The summed E-state index contributed by atoms with van der Waals surface area (Å²) in [4.78, 5) is 25.0. The summed E-state index contributed by atoms with van der Waals surface area (Å²) in [5.74, 6) is 0.402. The number of rotatable bonds is 8. The molecule has 34 heavy (non-hydrogen) atoms. The SMILES string of the molecule is C=CC(=O)n1cc(-c2cc(NS(=O)(=O)CC)ccc2Oc2c(C)cccc2C)cc(NC)c1=O. The fourth-order valence-corrected chi connectivity index (χ4v) is 4.03. The van der Waals surface area contributed by atoms with Gasteiger partial charge in [-0.3, -0.25) is 14.3 Å². The van der Waals surface area contributed by atoms with Gasteiger partial charge in [0, 0.05) is 30.1 Å². The van der Waals surface area contributed by atoms with Gasteiger partial charge in [-0.15, -0.1) is 0 Å². The zero-order chi connectivity index (χ0) is 25.0. The number of aryl methyl sites for hydroxylation is 2. The maximum Gasteiger partial charge on any atom is 0.280 e. The summed E-state index contributed by atoms with van der Waals surface area (Å²) in [5.41, 5.74) is 2.78. The first kappa shape index (κ1) is 24.8. The number of carbonyl (C=O) groups is 1. The van der Waals surface area contributed by atoms with Crippen LogP contribution in [0.25, 0.3) is 11.1 Å². The lowest BCUT2D eigenvalue weighted by molar-refractivity contribution is 0.0965. The Morgan fingerprint density at radius 1 is 1.15 bits per heavy atom. The lowest BCUT2D eigenvalue weighted by atomic mass is 10.0. The molecule has 0 aliphatic carbocycles. The van der Waals surface area contributed by atoms with Crippen LogP contribution in [0.15, 0.2) is 66.1 Å². The monoisotopic (exact) mass is 481 g/mol. The molecule has 178 valence electrons. The van der Waals surface area contributed by atoms with Gasteiger partial charge < -0.3 is 10.1 Å². The minimum absolute atomic E-state index is 0.0917. The molecule has 0 radical (unpaired) electrons. The van der Waals surface area contributed by atoms with Crippen molar-refractivity contribution in [3.63, 3.8) is 0 Å². The van der Waals surface area contributed by atoms with Gasteiger partial charge in [0.25, 0.3) is 11.5 Å². The molecular formula is C25H27N3O5S. The van der Waals surface area contributed by atoms with Gasteiger partial charge >= 0.3 is 0 Å². The van der Waals surface area contributed by atoms with Gasteiger partial charge in [-0.25, -0.2) is 13.0 Å². The van der Waals surface area contributed by atoms with Gasteiger partial charge in [0.1, 0.15) is 17.2 Å². The summed E-state index contributed by atoms with van der Waals surface area (Å²) < 4.78 is 34.1. The molecule has 0 fully saturated rings. The highest BCUT2D eigenvalue weighted by molar-refractivity contribution is 7.92. The van der Waals surface area contributed by atoms with E-state index in [4.69, 9.17) is 4.74 Å². The summed E-state index contributed by atoms with van der Waals surface area (Å²) in [6.45, 7) is 8.85. The Morgan fingerprint density at radius 2 is 1.82 bits per heavy atom. The van der Waals surface area contributed by atoms with Crippen molar-refractivity contribution in [2.75, 3.05) is 22.8 Å². The number of nitrogens with zero attached hydrogens (tertiary/aromatic N) is 1. The van der Waals surface area contributed by atoms with E-state index in [0.717, 1.165) is 21.8 Å². The number of anilines is 2. The van der Waals surface area contributed by atoms with E-state index in [1.807, 2.05) is 32.0 Å². The number of benzene rings is 2. The van der Waals surface area contributed by atoms with Crippen LogP contribution >= 0.6 is 0 Å². The molecule has 1 aromatic heterocycles. The second kappa shape index (κ2) is 9.96. The highest BCUT2D eigenvalue weighted by Crippen LogP contribution is 2.38.